The van der Waals surface area contributed by atoms with E-state index in [4.69, 9.17) is 4.98 Å². The fourth-order valence-corrected chi connectivity index (χ4v) is 3.64. The molecule has 0 aliphatic carbocycles. The molecule has 0 saturated heterocycles. The Morgan fingerprint density at radius 2 is 1.71 bits per heavy atom. The number of carbonyl (C=O) groups excluding carboxylic acids is 1. The van der Waals surface area contributed by atoms with Crippen molar-refractivity contribution in [1.82, 2.24) is 9.97 Å². The number of aromatic hydroxyl groups is 1. The number of carbonyl (C=O) groups is 1. The molecule has 0 fully saturated rings. The third-order valence-electron chi connectivity index (χ3n) is 5.16. The molecule has 31 heavy (non-hydrogen) atoms. The molecule has 3 aromatic carbocycles. The predicted molar refractivity (Wildman–Crippen MR) is 121 cm³/mol. The largest absolute Gasteiger partial charge is 0.493 e. The molecule has 0 aliphatic rings. The van der Waals surface area contributed by atoms with Crippen LogP contribution >= 0.6 is 0 Å². The lowest BCUT2D eigenvalue weighted by Crippen LogP contribution is -1.98. The van der Waals surface area contributed by atoms with Gasteiger partial charge in [-0.25, -0.2) is 4.98 Å². The zero-order valence-electron chi connectivity index (χ0n) is 16.7. The zero-order chi connectivity index (χ0) is 21.4. The van der Waals surface area contributed by atoms with Crippen molar-refractivity contribution in [3.63, 3.8) is 0 Å². The second-order valence-electron chi connectivity index (χ2n) is 7.31. The van der Waals surface area contributed by atoms with E-state index < -0.39 is 5.91 Å². The average Bonchev–Trinajstić information content (AvgIpc) is 3.11. The zero-order valence-corrected chi connectivity index (χ0v) is 16.7. The van der Waals surface area contributed by atoms with Gasteiger partial charge < -0.3 is 10.1 Å². The fraction of sp³-hybridized carbons (Fsp3) is 0.0400. The van der Waals surface area contributed by atoms with Gasteiger partial charge in [-0.3, -0.25) is 4.79 Å². The average molecular weight is 406 g/mol. The van der Waals surface area contributed by atoms with Crippen LogP contribution in [0.2, 0.25) is 0 Å². The first-order chi connectivity index (χ1) is 15.1. The molecule has 0 spiro atoms. The molecule has 150 valence electrons. The van der Waals surface area contributed by atoms with Gasteiger partial charge in [0, 0.05) is 16.3 Å². The highest BCUT2D eigenvalue weighted by Crippen LogP contribution is 2.36. The molecule has 2 aromatic heterocycles. The molecule has 0 saturated carbocycles. The van der Waals surface area contributed by atoms with Crippen molar-refractivity contribution in [3.05, 3.63) is 90.0 Å². The maximum absolute atomic E-state index is 13.1. The molecular formula is C25H18N4O2. The van der Waals surface area contributed by atoms with Crippen molar-refractivity contribution < 1.29 is 9.90 Å². The van der Waals surface area contributed by atoms with Gasteiger partial charge in [-0.15, -0.1) is 10.2 Å². The van der Waals surface area contributed by atoms with Crippen LogP contribution in [0.3, 0.4) is 0 Å². The highest BCUT2D eigenvalue weighted by Gasteiger charge is 2.15. The normalized spacial score (nSPS) is 11.5. The Morgan fingerprint density at radius 1 is 0.935 bits per heavy atom. The van der Waals surface area contributed by atoms with Crippen LogP contribution < -0.4 is 0 Å². The van der Waals surface area contributed by atoms with Crippen molar-refractivity contribution in [1.29, 1.82) is 0 Å². The van der Waals surface area contributed by atoms with Gasteiger partial charge in [-0.05, 0) is 31.2 Å². The molecule has 2 N–H and O–H groups in total. The maximum Gasteiger partial charge on any atom is 0.296 e. The number of hydrogen-bond acceptors (Lipinski definition) is 4. The summed E-state index contributed by atoms with van der Waals surface area (Å²) in [7, 11) is 0. The van der Waals surface area contributed by atoms with Crippen LogP contribution in [-0.4, -0.2) is 21.0 Å². The first kappa shape index (κ1) is 18.7. The highest BCUT2D eigenvalue weighted by atomic mass is 16.3. The Kier molecular flexibility index (Phi) is 4.52. The number of para-hydroxylation sites is 1. The van der Waals surface area contributed by atoms with Crippen molar-refractivity contribution in [2.75, 3.05) is 0 Å². The number of azo groups is 1. The molecule has 0 bridgehead atoms. The number of benzene rings is 3. The van der Waals surface area contributed by atoms with Gasteiger partial charge >= 0.3 is 0 Å². The molecular weight excluding hydrogens is 388 g/mol. The van der Waals surface area contributed by atoms with Gasteiger partial charge in [0.15, 0.2) is 5.69 Å². The lowest BCUT2D eigenvalue weighted by molar-refractivity contribution is 0.0996. The second-order valence-corrected chi connectivity index (χ2v) is 7.31. The van der Waals surface area contributed by atoms with Crippen LogP contribution in [0.25, 0.3) is 33.1 Å². The van der Waals surface area contributed by atoms with E-state index in [0.29, 0.717) is 27.5 Å². The number of hydrogen-bond donors (Lipinski definition) is 2. The number of H-pyrrole nitrogens is 1. The van der Waals surface area contributed by atoms with Gasteiger partial charge in [-0.1, -0.05) is 60.2 Å². The van der Waals surface area contributed by atoms with Crippen LogP contribution in [-0.2, 0) is 0 Å². The summed E-state index contributed by atoms with van der Waals surface area (Å²) < 4.78 is 0. The summed E-state index contributed by atoms with van der Waals surface area (Å²) >= 11 is 0. The minimum absolute atomic E-state index is 0.123. The molecule has 0 aliphatic heterocycles. The van der Waals surface area contributed by atoms with E-state index in [-0.39, 0.29) is 11.6 Å². The highest BCUT2D eigenvalue weighted by molar-refractivity contribution is 6.07. The molecule has 0 atom stereocenters. The van der Waals surface area contributed by atoms with Crippen molar-refractivity contribution in [2.24, 2.45) is 10.2 Å². The van der Waals surface area contributed by atoms with E-state index >= 15 is 0 Å². The van der Waals surface area contributed by atoms with Crippen molar-refractivity contribution in [3.8, 4) is 17.1 Å². The summed E-state index contributed by atoms with van der Waals surface area (Å²) in [6, 6.07) is 24.5. The topological polar surface area (TPSA) is 90.7 Å². The number of amides is 1. The van der Waals surface area contributed by atoms with Gasteiger partial charge in [0.1, 0.15) is 0 Å². The van der Waals surface area contributed by atoms with Crippen LogP contribution in [0.1, 0.15) is 15.9 Å². The van der Waals surface area contributed by atoms with Crippen LogP contribution in [0.15, 0.2) is 89.1 Å². The lowest BCUT2D eigenvalue weighted by Gasteiger charge is -2.07. The van der Waals surface area contributed by atoms with Crippen LogP contribution in [0.4, 0.5) is 5.69 Å². The Morgan fingerprint density at radius 3 is 2.55 bits per heavy atom. The summed E-state index contributed by atoms with van der Waals surface area (Å²) in [5.74, 6) is -0.626. The van der Waals surface area contributed by atoms with E-state index in [9.17, 15) is 9.90 Å². The summed E-state index contributed by atoms with van der Waals surface area (Å²) in [5.41, 5.74) is 4.69. The van der Waals surface area contributed by atoms with E-state index in [2.05, 4.69) is 15.2 Å². The number of aromatic nitrogens is 2. The number of nitrogens with zero attached hydrogens (tertiary/aromatic N) is 3. The second kappa shape index (κ2) is 7.50. The van der Waals surface area contributed by atoms with Crippen LogP contribution in [0.5, 0.6) is 5.88 Å². The molecule has 6 heteroatoms. The Labute approximate surface area is 177 Å². The molecule has 0 unspecified atom stereocenters. The minimum atomic E-state index is -0.503. The lowest BCUT2D eigenvalue weighted by atomic mass is 10.0. The number of aryl methyl sites for hydroxylation is 1. The monoisotopic (exact) mass is 406 g/mol. The summed E-state index contributed by atoms with van der Waals surface area (Å²) in [6.07, 6.45) is 0. The first-order valence-electron chi connectivity index (χ1n) is 9.83. The number of aromatic amines is 1. The van der Waals surface area contributed by atoms with Crippen LogP contribution in [0, 0.1) is 6.92 Å². The Bertz CT molecular complexity index is 1470. The molecule has 6 nitrogen and oxygen atoms in total. The third kappa shape index (κ3) is 3.44. The molecule has 5 aromatic rings. The number of nitrogens with one attached hydrogen (secondary N) is 1. The quantitative estimate of drug-likeness (QED) is 0.343. The Balaban J connectivity index is 1.60. The van der Waals surface area contributed by atoms with E-state index in [1.54, 1.807) is 6.07 Å². The SMILES string of the molecule is Cc1ccc2[nH]c(O)c(N=NC(=O)c3cc(-c4ccccc4)nc4ccccc34)c2c1. The smallest absolute Gasteiger partial charge is 0.296 e. The standard InChI is InChI=1S/C25H18N4O2/c1-15-11-12-21-19(13-15)23(25(31)27-21)28-29-24(30)18-14-22(16-7-3-2-4-8-16)26-20-10-6-5-9-17(18)20/h2-14,27,31H,1H3. The maximum atomic E-state index is 13.1. The predicted octanol–water partition coefficient (Wildman–Crippen LogP) is 6.32. The van der Waals surface area contributed by atoms with Gasteiger partial charge in [0.2, 0.25) is 5.88 Å². The van der Waals surface area contributed by atoms with Gasteiger partial charge in [0.05, 0.1) is 22.3 Å². The molecule has 5 rings (SSSR count). The van der Waals surface area contributed by atoms with Crippen molar-refractivity contribution >= 4 is 33.4 Å². The number of pyridine rings is 1. The van der Waals surface area contributed by atoms with E-state index in [1.807, 2.05) is 79.7 Å². The van der Waals surface area contributed by atoms with E-state index in [1.165, 1.54) is 0 Å². The molecule has 1 amide bonds. The van der Waals surface area contributed by atoms with E-state index in [0.717, 1.165) is 16.6 Å². The molecule has 2 heterocycles. The molecule has 0 radical (unpaired) electrons. The summed E-state index contributed by atoms with van der Waals surface area (Å²) in [4.78, 5) is 20.6. The Hall–Kier alpha value is -4.32. The minimum Gasteiger partial charge on any atom is -0.493 e. The van der Waals surface area contributed by atoms with Gasteiger partial charge in [0.25, 0.3) is 5.91 Å². The van der Waals surface area contributed by atoms with Gasteiger partial charge in [-0.2, -0.15) is 0 Å². The first-order valence-corrected chi connectivity index (χ1v) is 9.83. The summed E-state index contributed by atoms with van der Waals surface area (Å²) in [5, 5.41) is 19.7. The number of rotatable bonds is 3. The number of fused-ring (bicyclic) bond motifs is 2. The van der Waals surface area contributed by atoms with Crippen molar-refractivity contribution in [2.45, 2.75) is 6.92 Å². The third-order valence-corrected chi connectivity index (χ3v) is 5.16. The summed E-state index contributed by atoms with van der Waals surface area (Å²) in [6.45, 7) is 1.95. The fourth-order valence-electron chi connectivity index (χ4n) is 3.64.